The van der Waals surface area contributed by atoms with E-state index in [9.17, 15) is 9.18 Å². The van der Waals surface area contributed by atoms with E-state index in [0.717, 1.165) is 16.8 Å². The molecular formula is C18H17FN4O. The predicted molar refractivity (Wildman–Crippen MR) is 89.9 cm³/mol. The van der Waals surface area contributed by atoms with Gasteiger partial charge in [-0.1, -0.05) is 22.9 Å². The summed E-state index contributed by atoms with van der Waals surface area (Å²) in [5.41, 5.74) is 4.46. The van der Waals surface area contributed by atoms with Crippen LogP contribution in [0.2, 0.25) is 0 Å². The molecule has 2 aromatic carbocycles. The third kappa shape index (κ3) is 3.03. The SMILES string of the molecule is Cc1ccc(-n2nnc(C(=O)Nc3ccc(F)cc3)c2C)c(C)c1. The Balaban J connectivity index is 1.89. The smallest absolute Gasteiger partial charge is 0.278 e. The molecule has 1 N–H and O–H groups in total. The lowest BCUT2D eigenvalue weighted by atomic mass is 10.1. The number of carbonyl (C=O) groups is 1. The monoisotopic (exact) mass is 324 g/mol. The molecule has 1 heterocycles. The fourth-order valence-electron chi connectivity index (χ4n) is 2.53. The van der Waals surface area contributed by atoms with Gasteiger partial charge in [-0.2, -0.15) is 0 Å². The minimum atomic E-state index is -0.380. The summed E-state index contributed by atoms with van der Waals surface area (Å²) < 4.78 is 14.6. The molecule has 0 fully saturated rings. The first-order valence-corrected chi connectivity index (χ1v) is 7.52. The van der Waals surface area contributed by atoms with Crippen LogP contribution < -0.4 is 5.32 Å². The summed E-state index contributed by atoms with van der Waals surface area (Å²) >= 11 is 0. The van der Waals surface area contributed by atoms with Crippen molar-refractivity contribution in [3.8, 4) is 5.69 Å². The van der Waals surface area contributed by atoms with Crippen LogP contribution in [-0.2, 0) is 0 Å². The first-order valence-electron chi connectivity index (χ1n) is 7.52. The van der Waals surface area contributed by atoms with Crippen LogP contribution in [0.25, 0.3) is 5.69 Å². The lowest BCUT2D eigenvalue weighted by molar-refractivity contribution is 0.102. The Labute approximate surface area is 139 Å². The Morgan fingerprint density at radius 3 is 2.46 bits per heavy atom. The van der Waals surface area contributed by atoms with Crippen LogP contribution in [-0.4, -0.2) is 20.9 Å². The molecule has 1 amide bonds. The normalized spacial score (nSPS) is 10.7. The Kier molecular flexibility index (Phi) is 4.12. The van der Waals surface area contributed by atoms with Crippen molar-refractivity contribution in [3.05, 3.63) is 70.8 Å². The number of halogens is 1. The Morgan fingerprint density at radius 1 is 1.08 bits per heavy atom. The van der Waals surface area contributed by atoms with E-state index >= 15 is 0 Å². The molecule has 3 rings (SSSR count). The molecule has 0 saturated carbocycles. The van der Waals surface area contributed by atoms with Gasteiger partial charge in [0.2, 0.25) is 0 Å². The number of nitrogens with zero attached hydrogens (tertiary/aromatic N) is 3. The molecule has 6 heteroatoms. The second kappa shape index (κ2) is 6.23. The maximum absolute atomic E-state index is 12.9. The summed E-state index contributed by atoms with van der Waals surface area (Å²) in [6, 6.07) is 11.6. The molecule has 0 bridgehead atoms. The van der Waals surface area contributed by atoms with Gasteiger partial charge in [-0.05, 0) is 56.7 Å². The highest BCUT2D eigenvalue weighted by molar-refractivity contribution is 6.03. The topological polar surface area (TPSA) is 59.8 Å². The van der Waals surface area contributed by atoms with Gasteiger partial charge < -0.3 is 5.32 Å². The Bertz CT molecular complexity index is 900. The Morgan fingerprint density at radius 2 is 1.79 bits per heavy atom. The summed E-state index contributed by atoms with van der Waals surface area (Å²) in [5.74, 6) is -0.736. The highest BCUT2D eigenvalue weighted by Gasteiger charge is 2.18. The van der Waals surface area contributed by atoms with Gasteiger partial charge in [-0.15, -0.1) is 5.10 Å². The standard InChI is InChI=1S/C18H17FN4O/c1-11-4-9-16(12(2)10-11)23-13(3)17(21-22-23)18(24)20-15-7-5-14(19)6-8-15/h4-10H,1-3H3,(H,20,24). The van der Waals surface area contributed by atoms with Gasteiger partial charge in [0.1, 0.15) is 5.82 Å². The van der Waals surface area contributed by atoms with Crippen LogP contribution in [0.4, 0.5) is 10.1 Å². The van der Waals surface area contributed by atoms with E-state index in [0.29, 0.717) is 11.4 Å². The first kappa shape index (κ1) is 15.9. The number of aryl methyl sites for hydroxylation is 2. The number of amides is 1. The zero-order valence-corrected chi connectivity index (χ0v) is 13.7. The molecule has 24 heavy (non-hydrogen) atoms. The molecule has 122 valence electrons. The summed E-state index contributed by atoms with van der Waals surface area (Å²) in [5, 5.41) is 10.8. The van der Waals surface area contributed by atoms with Gasteiger partial charge in [0, 0.05) is 5.69 Å². The predicted octanol–water partition coefficient (Wildman–Crippen LogP) is 3.58. The van der Waals surface area contributed by atoms with Gasteiger partial charge in [-0.3, -0.25) is 4.79 Å². The van der Waals surface area contributed by atoms with E-state index in [1.165, 1.54) is 24.3 Å². The molecule has 0 spiro atoms. The zero-order chi connectivity index (χ0) is 17.3. The molecule has 1 aromatic heterocycles. The van der Waals surface area contributed by atoms with E-state index in [4.69, 9.17) is 0 Å². The zero-order valence-electron chi connectivity index (χ0n) is 13.7. The number of hydrogen-bond acceptors (Lipinski definition) is 3. The molecular weight excluding hydrogens is 307 g/mol. The van der Waals surface area contributed by atoms with Gasteiger partial charge in [-0.25, -0.2) is 9.07 Å². The second-order valence-corrected chi connectivity index (χ2v) is 5.69. The number of nitrogens with one attached hydrogen (secondary N) is 1. The molecule has 0 aliphatic heterocycles. The maximum Gasteiger partial charge on any atom is 0.278 e. The number of carbonyl (C=O) groups excluding carboxylic acids is 1. The number of benzene rings is 2. The minimum absolute atomic E-state index is 0.235. The highest BCUT2D eigenvalue weighted by atomic mass is 19.1. The second-order valence-electron chi connectivity index (χ2n) is 5.69. The van der Waals surface area contributed by atoms with Crippen molar-refractivity contribution in [2.24, 2.45) is 0 Å². The van der Waals surface area contributed by atoms with Crippen LogP contribution in [0.5, 0.6) is 0 Å². The van der Waals surface area contributed by atoms with Crippen molar-refractivity contribution >= 4 is 11.6 Å². The van der Waals surface area contributed by atoms with Crippen LogP contribution in [0.15, 0.2) is 42.5 Å². The molecule has 3 aromatic rings. The molecule has 0 aliphatic carbocycles. The van der Waals surface area contributed by atoms with Crippen molar-refractivity contribution in [2.45, 2.75) is 20.8 Å². The third-order valence-corrected chi connectivity index (χ3v) is 3.79. The van der Waals surface area contributed by atoms with Crippen LogP contribution >= 0.6 is 0 Å². The number of aromatic nitrogens is 3. The van der Waals surface area contributed by atoms with E-state index in [-0.39, 0.29) is 17.4 Å². The van der Waals surface area contributed by atoms with Crippen molar-refractivity contribution in [2.75, 3.05) is 5.32 Å². The fraction of sp³-hybridized carbons (Fsp3) is 0.167. The molecule has 0 saturated heterocycles. The van der Waals surface area contributed by atoms with Gasteiger partial charge in [0.15, 0.2) is 5.69 Å². The van der Waals surface area contributed by atoms with Gasteiger partial charge in [0.25, 0.3) is 5.91 Å². The molecule has 0 radical (unpaired) electrons. The van der Waals surface area contributed by atoms with E-state index in [1.807, 2.05) is 26.0 Å². The van der Waals surface area contributed by atoms with E-state index < -0.39 is 0 Å². The fourth-order valence-corrected chi connectivity index (χ4v) is 2.53. The average molecular weight is 324 g/mol. The largest absolute Gasteiger partial charge is 0.321 e. The number of hydrogen-bond donors (Lipinski definition) is 1. The first-order chi connectivity index (χ1) is 11.5. The summed E-state index contributed by atoms with van der Waals surface area (Å²) in [7, 11) is 0. The quantitative estimate of drug-likeness (QED) is 0.801. The van der Waals surface area contributed by atoms with Crippen LogP contribution in [0.3, 0.4) is 0 Å². The lowest BCUT2D eigenvalue weighted by Crippen LogP contribution is -2.14. The number of anilines is 1. The van der Waals surface area contributed by atoms with E-state index in [1.54, 1.807) is 11.6 Å². The molecule has 0 unspecified atom stereocenters. The van der Waals surface area contributed by atoms with Gasteiger partial charge in [0.05, 0.1) is 11.4 Å². The van der Waals surface area contributed by atoms with Crippen LogP contribution in [0, 0.1) is 26.6 Å². The van der Waals surface area contributed by atoms with Crippen molar-refractivity contribution in [3.63, 3.8) is 0 Å². The third-order valence-electron chi connectivity index (χ3n) is 3.79. The van der Waals surface area contributed by atoms with Gasteiger partial charge >= 0.3 is 0 Å². The maximum atomic E-state index is 12.9. The average Bonchev–Trinajstić information content (AvgIpc) is 2.91. The van der Waals surface area contributed by atoms with Crippen molar-refractivity contribution in [1.29, 1.82) is 0 Å². The minimum Gasteiger partial charge on any atom is -0.321 e. The highest BCUT2D eigenvalue weighted by Crippen LogP contribution is 2.18. The van der Waals surface area contributed by atoms with Crippen LogP contribution in [0.1, 0.15) is 27.3 Å². The summed E-state index contributed by atoms with van der Waals surface area (Å²) in [6.07, 6.45) is 0. The molecule has 0 atom stereocenters. The van der Waals surface area contributed by atoms with Crippen molar-refractivity contribution < 1.29 is 9.18 Å². The Hall–Kier alpha value is -3.02. The lowest BCUT2D eigenvalue weighted by Gasteiger charge is -2.08. The number of rotatable bonds is 3. The molecule has 0 aliphatic rings. The van der Waals surface area contributed by atoms with Crippen molar-refractivity contribution in [1.82, 2.24) is 15.0 Å². The van der Waals surface area contributed by atoms with E-state index in [2.05, 4.69) is 21.7 Å². The summed E-state index contributed by atoms with van der Waals surface area (Å²) in [6.45, 7) is 5.80. The summed E-state index contributed by atoms with van der Waals surface area (Å²) in [4.78, 5) is 12.4. The molecule has 5 nitrogen and oxygen atoms in total.